The summed E-state index contributed by atoms with van der Waals surface area (Å²) in [6.45, 7) is 6.93. The first-order valence-corrected chi connectivity index (χ1v) is 7.29. The Bertz CT molecular complexity index is 288. The molecule has 0 heterocycles. The molecule has 5 heteroatoms. The van der Waals surface area contributed by atoms with Gasteiger partial charge in [-0.15, -0.1) is 0 Å². The van der Waals surface area contributed by atoms with Crippen LogP contribution < -0.4 is 10.0 Å². The van der Waals surface area contributed by atoms with E-state index < -0.39 is 10.0 Å². The van der Waals surface area contributed by atoms with Gasteiger partial charge >= 0.3 is 0 Å². The zero-order chi connectivity index (χ0) is 11.5. The van der Waals surface area contributed by atoms with Crippen LogP contribution in [-0.4, -0.2) is 32.8 Å². The Morgan fingerprint density at radius 1 is 1.40 bits per heavy atom. The molecule has 0 aromatic carbocycles. The summed E-state index contributed by atoms with van der Waals surface area (Å²) >= 11 is 0. The quantitative estimate of drug-likeness (QED) is 0.638. The number of nitrogens with one attached hydrogen (secondary N) is 2. The van der Waals surface area contributed by atoms with E-state index in [0.717, 1.165) is 13.0 Å². The minimum atomic E-state index is -3.04. The average molecular weight is 234 g/mol. The van der Waals surface area contributed by atoms with Crippen LogP contribution in [0.4, 0.5) is 0 Å². The Kier molecular flexibility index (Phi) is 4.55. The van der Waals surface area contributed by atoms with E-state index in [2.05, 4.69) is 30.8 Å². The second kappa shape index (κ2) is 5.27. The third-order valence-electron chi connectivity index (χ3n) is 2.58. The molecule has 0 radical (unpaired) electrons. The van der Waals surface area contributed by atoms with Gasteiger partial charge < -0.3 is 5.32 Å². The van der Waals surface area contributed by atoms with Gasteiger partial charge in [-0.3, -0.25) is 0 Å². The Hall–Kier alpha value is -0.130. The predicted octanol–water partition coefficient (Wildman–Crippen LogP) is 0.702. The van der Waals surface area contributed by atoms with Gasteiger partial charge in [-0.05, 0) is 25.3 Å². The molecular formula is C10H22N2O2S. The average Bonchev–Trinajstić information content (AvgIpc) is 2.74. The number of hydrogen-bond donors (Lipinski definition) is 2. The van der Waals surface area contributed by atoms with Crippen LogP contribution in [0.2, 0.25) is 0 Å². The third kappa shape index (κ3) is 5.49. The highest BCUT2D eigenvalue weighted by Crippen LogP contribution is 2.29. The molecule has 90 valence electrons. The molecule has 0 bridgehead atoms. The van der Waals surface area contributed by atoms with Crippen molar-refractivity contribution in [1.82, 2.24) is 10.0 Å². The van der Waals surface area contributed by atoms with E-state index in [0.29, 0.717) is 18.4 Å². The highest BCUT2D eigenvalue weighted by molar-refractivity contribution is 7.89. The van der Waals surface area contributed by atoms with Gasteiger partial charge in [0.15, 0.2) is 0 Å². The standard InChI is InChI=1S/C10H22N2O2S/c1-8(2)11-5-4-6-15(13,14)12-10-7-9(10)3/h8-12H,4-7H2,1-3H3. The van der Waals surface area contributed by atoms with Crippen molar-refractivity contribution in [1.29, 1.82) is 0 Å². The number of hydrogen-bond acceptors (Lipinski definition) is 3. The van der Waals surface area contributed by atoms with Crippen LogP contribution in [0.15, 0.2) is 0 Å². The lowest BCUT2D eigenvalue weighted by Crippen LogP contribution is -2.31. The first-order valence-electron chi connectivity index (χ1n) is 5.64. The van der Waals surface area contributed by atoms with Crippen LogP contribution in [0.1, 0.15) is 33.6 Å². The van der Waals surface area contributed by atoms with Crippen LogP contribution in [-0.2, 0) is 10.0 Å². The lowest BCUT2D eigenvalue weighted by atomic mass is 10.4. The highest BCUT2D eigenvalue weighted by atomic mass is 32.2. The maximum Gasteiger partial charge on any atom is 0.211 e. The SMILES string of the molecule is CC(C)NCCCS(=O)(=O)NC1CC1C. The highest BCUT2D eigenvalue weighted by Gasteiger charge is 2.35. The Balaban J connectivity index is 2.13. The minimum absolute atomic E-state index is 0.202. The molecule has 1 rings (SSSR count). The molecule has 0 aromatic heterocycles. The van der Waals surface area contributed by atoms with Crippen molar-refractivity contribution in [3.05, 3.63) is 0 Å². The van der Waals surface area contributed by atoms with Crippen molar-refractivity contribution in [2.75, 3.05) is 12.3 Å². The smallest absolute Gasteiger partial charge is 0.211 e. The molecule has 0 amide bonds. The van der Waals surface area contributed by atoms with E-state index in [9.17, 15) is 8.42 Å². The fraction of sp³-hybridized carbons (Fsp3) is 1.00. The van der Waals surface area contributed by atoms with E-state index in [4.69, 9.17) is 0 Å². The molecular weight excluding hydrogens is 212 g/mol. The van der Waals surface area contributed by atoms with Gasteiger partial charge in [-0.2, -0.15) is 0 Å². The lowest BCUT2D eigenvalue weighted by molar-refractivity contribution is 0.559. The second-order valence-electron chi connectivity index (χ2n) is 4.72. The molecule has 1 aliphatic carbocycles. The molecule has 1 saturated carbocycles. The van der Waals surface area contributed by atoms with E-state index >= 15 is 0 Å². The normalized spacial score (nSPS) is 25.9. The summed E-state index contributed by atoms with van der Waals surface area (Å²) in [6.07, 6.45) is 1.66. The molecule has 2 N–H and O–H groups in total. The molecule has 1 fully saturated rings. The monoisotopic (exact) mass is 234 g/mol. The number of sulfonamides is 1. The molecule has 2 unspecified atom stereocenters. The van der Waals surface area contributed by atoms with Crippen molar-refractivity contribution in [2.24, 2.45) is 5.92 Å². The Labute approximate surface area is 92.9 Å². The summed E-state index contributed by atoms with van der Waals surface area (Å²) in [4.78, 5) is 0. The van der Waals surface area contributed by atoms with Gasteiger partial charge in [-0.1, -0.05) is 20.8 Å². The van der Waals surface area contributed by atoms with Crippen molar-refractivity contribution in [3.63, 3.8) is 0 Å². The van der Waals surface area contributed by atoms with E-state index in [1.165, 1.54) is 0 Å². The second-order valence-corrected chi connectivity index (χ2v) is 6.59. The van der Waals surface area contributed by atoms with Gasteiger partial charge in [0.05, 0.1) is 5.75 Å². The molecule has 1 aliphatic rings. The first kappa shape index (κ1) is 12.9. The van der Waals surface area contributed by atoms with Crippen LogP contribution in [0, 0.1) is 5.92 Å². The zero-order valence-corrected chi connectivity index (χ0v) is 10.6. The van der Waals surface area contributed by atoms with Crippen LogP contribution >= 0.6 is 0 Å². The van der Waals surface area contributed by atoms with Crippen LogP contribution in [0.5, 0.6) is 0 Å². The maximum absolute atomic E-state index is 11.5. The zero-order valence-electron chi connectivity index (χ0n) is 9.79. The summed E-state index contributed by atoms with van der Waals surface area (Å²) in [6, 6.07) is 0.622. The lowest BCUT2D eigenvalue weighted by Gasteiger charge is -2.08. The minimum Gasteiger partial charge on any atom is -0.314 e. The number of rotatable bonds is 7. The van der Waals surface area contributed by atoms with Gasteiger partial charge in [0, 0.05) is 12.1 Å². The Morgan fingerprint density at radius 3 is 2.47 bits per heavy atom. The van der Waals surface area contributed by atoms with Crippen molar-refractivity contribution in [3.8, 4) is 0 Å². The van der Waals surface area contributed by atoms with E-state index in [-0.39, 0.29) is 11.8 Å². The summed E-state index contributed by atoms with van der Waals surface area (Å²) in [5.41, 5.74) is 0. The van der Waals surface area contributed by atoms with Crippen molar-refractivity contribution < 1.29 is 8.42 Å². The summed E-state index contributed by atoms with van der Waals surface area (Å²) in [7, 11) is -3.04. The molecule has 0 spiro atoms. The van der Waals surface area contributed by atoms with Crippen molar-refractivity contribution in [2.45, 2.75) is 45.7 Å². The topological polar surface area (TPSA) is 58.2 Å². The molecule has 0 saturated heterocycles. The van der Waals surface area contributed by atoms with E-state index in [1.54, 1.807) is 0 Å². The third-order valence-corrected chi connectivity index (χ3v) is 4.07. The van der Waals surface area contributed by atoms with Crippen LogP contribution in [0.3, 0.4) is 0 Å². The van der Waals surface area contributed by atoms with Gasteiger partial charge in [0.25, 0.3) is 0 Å². The van der Waals surface area contributed by atoms with Crippen molar-refractivity contribution >= 4 is 10.0 Å². The molecule has 0 aliphatic heterocycles. The summed E-state index contributed by atoms with van der Waals surface area (Å²) < 4.78 is 25.8. The van der Waals surface area contributed by atoms with Crippen LogP contribution in [0.25, 0.3) is 0 Å². The van der Waals surface area contributed by atoms with E-state index in [1.807, 2.05) is 0 Å². The molecule has 4 nitrogen and oxygen atoms in total. The van der Waals surface area contributed by atoms with Gasteiger partial charge in [0.2, 0.25) is 10.0 Å². The molecule has 0 aromatic rings. The fourth-order valence-electron chi connectivity index (χ4n) is 1.43. The Morgan fingerprint density at radius 2 is 2.00 bits per heavy atom. The van der Waals surface area contributed by atoms with Gasteiger partial charge in [0.1, 0.15) is 0 Å². The molecule has 2 atom stereocenters. The largest absolute Gasteiger partial charge is 0.314 e. The summed E-state index contributed by atoms with van der Waals surface area (Å²) in [5, 5.41) is 3.20. The maximum atomic E-state index is 11.5. The summed E-state index contributed by atoms with van der Waals surface area (Å²) in [5.74, 6) is 0.754. The predicted molar refractivity (Wildman–Crippen MR) is 62.2 cm³/mol. The first-order chi connectivity index (χ1) is 6.91. The molecule has 15 heavy (non-hydrogen) atoms. The fourth-order valence-corrected chi connectivity index (χ4v) is 2.86. The van der Waals surface area contributed by atoms with Gasteiger partial charge in [-0.25, -0.2) is 13.1 Å².